The molecule has 5 nitrogen and oxygen atoms in total. The molecule has 0 aromatic carbocycles. The average Bonchev–Trinajstić information content (AvgIpc) is 2.58. The number of aromatic amines is 1. The van der Waals surface area contributed by atoms with Crippen LogP contribution in [0.1, 0.15) is 19.7 Å². The zero-order valence-corrected chi connectivity index (χ0v) is 9.93. The number of carbonyl (C=O) groups is 1. The number of rotatable bonds is 5. The molecule has 6 heteroatoms. The van der Waals surface area contributed by atoms with E-state index in [-0.39, 0.29) is 11.7 Å². The van der Waals surface area contributed by atoms with Crippen molar-refractivity contribution in [3.05, 3.63) is 5.82 Å². The molecule has 0 radical (unpaired) electrons. The Bertz CT molecular complexity index is 325. The second-order valence-corrected chi connectivity index (χ2v) is 4.51. The SMILES string of the molecule is Cc1nc(SCC(=O)OCC(C)C)n[nH]1. The van der Waals surface area contributed by atoms with E-state index in [1.165, 1.54) is 11.8 Å². The Hall–Kier alpha value is -1.04. The number of thioether (sulfide) groups is 1. The molecule has 15 heavy (non-hydrogen) atoms. The highest BCUT2D eigenvalue weighted by molar-refractivity contribution is 7.99. The van der Waals surface area contributed by atoms with Gasteiger partial charge in [0, 0.05) is 0 Å². The standard InChI is InChI=1S/C9H15N3O2S/c1-6(2)4-14-8(13)5-15-9-10-7(3)11-12-9/h6H,4-5H2,1-3H3,(H,10,11,12). The van der Waals surface area contributed by atoms with Gasteiger partial charge in [0.15, 0.2) is 0 Å². The minimum absolute atomic E-state index is 0.226. The maximum Gasteiger partial charge on any atom is 0.316 e. The highest BCUT2D eigenvalue weighted by Crippen LogP contribution is 2.12. The molecule has 0 fully saturated rings. The first-order chi connectivity index (χ1) is 7.08. The van der Waals surface area contributed by atoms with E-state index in [4.69, 9.17) is 4.74 Å². The minimum atomic E-state index is -0.226. The van der Waals surface area contributed by atoms with Crippen molar-refractivity contribution >= 4 is 17.7 Å². The lowest BCUT2D eigenvalue weighted by Crippen LogP contribution is -2.11. The first-order valence-electron chi connectivity index (χ1n) is 4.75. The fourth-order valence-corrected chi connectivity index (χ4v) is 1.45. The summed E-state index contributed by atoms with van der Waals surface area (Å²) in [7, 11) is 0. The number of H-pyrrole nitrogens is 1. The highest BCUT2D eigenvalue weighted by atomic mass is 32.2. The molecule has 1 aromatic rings. The van der Waals surface area contributed by atoms with Crippen molar-refractivity contribution in [1.82, 2.24) is 15.2 Å². The number of aromatic nitrogens is 3. The molecule has 0 aliphatic carbocycles. The first kappa shape index (κ1) is 12.0. The molecule has 0 atom stereocenters. The van der Waals surface area contributed by atoms with Gasteiger partial charge in [-0.3, -0.25) is 9.89 Å². The van der Waals surface area contributed by atoms with Crippen molar-refractivity contribution in [1.29, 1.82) is 0 Å². The van der Waals surface area contributed by atoms with Gasteiger partial charge in [-0.15, -0.1) is 5.10 Å². The third-order valence-electron chi connectivity index (χ3n) is 1.47. The maximum atomic E-state index is 11.2. The van der Waals surface area contributed by atoms with E-state index in [2.05, 4.69) is 15.2 Å². The molecular weight excluding hydrogens is 214 g/mol. The van der Waals surface area contributed by atoms with Gasteiger partial charge in [0.05, 0.1) is 12.4 Å². The average molecular weight is 229 g/mol. The molecule has 0 unspecified atom stereocenters. The van der Waals surface area contributed by atoms with E-state index in [0.29, 0.717) is 17.7 Å². The summed E-state index contributed by atoms with van der Waals surface area (Å²) < 4.78 is 5.01. The molecule has 0 spiro atoms. The largest absolute Gasteiger partial charge is 0.465 e. The lowest BCUT2D eigenvalue weighted by molar-refractivity contribution is -0.141. The monoisotopic (exact) mass is 229 g/mol. The third-order valence-corrected chi connectivity index (χ3v) is 2.29. The lowest BCUT2D eigenvalue weighted by atomic mass is 10.2. The summed E-state index contributed by atoms with van der Waals surface area (Å²) in [6.45, 7) is 6.28. The number of carbonyl (C=O) groups excluding carboxylic acids is 1. The van der Waals surface area contributed by atoms with Gasteiger partial charge in [0.2, 0.25) is 5.16 Å². The summed E-state index contributed by atoms with van der Waals surface area (Å²) in [5.74, 6) is 1.14. The molecule has 0 aliphatic heterocycles. The van der Waals surface area contributed by atoms with Crippen LogP contribution >= 0.6 is 11.8 Å². The predicted molar refractivity (Wildman–Crippen MR) is 57.6 cm³/mol. The second kappa shape index (κ2) is 5.75. The topological polar surface area (TPSA) is 67.9 Å². The molecule has 1 rings (SSSR count). The van der Waals surface area contributed by atoms with Crippen LogP contribution in [-0.2, 0) is 9.53 Å². The summed E-state index contributed by atoms with van der Waals surface area (Å²) in [5.41, 5.74) is 0. The fraction of sp³-hybridized carbons (Fsp3) is 0.667. The van der Waals surface area contributed by atoms with Gasteiger partial charge < -0.3 is 4.74 Å². The molecule has 0 amide bonds. The normalized spacial score (nSPS) is 10.7. The Morgan fingerprint density at radius 1 is 1.60 bits per heavy atom. The molecule has 1 aromatic heterocycles. The van der Waals surface area contributed by atoms with E-state index in [9.17, 15) is 4.79 Å². The van der Waals surface area contributed by atoms with Gasteiger partial charge in [-0.05, 0) is 12.8 Å². The van der Waals surface area contributed by atoms with E-state index in [1.54, 1.807) is 0 Å². The van der Waals surface area contributed by atoms with E-state index >= 15 is 0 Å². The minimum Gasteiger partial charge on any atom is -0.465 e. The molecule has 1 heterocycles. The Labute approximate surface area is 93.0 Å². The van der Waals surface area contributed by atoms with Crippen molar-refractivity contribution in [2.75, 3.05) is 12.4 Å². The molecule has 0 saturated heterocycles. The van der Waals surface area contributed by atoms with Crippen LogP contribution in [-0.4, -0.2) is 33.5 Å². The summed E-state index contributed by atoms with van der Waals surface area (Å²) in [6, 6.07) is 0. The molecule has 0 saturated carbocycles. The van der Waals surface area contributed by atoms with Crippen molar-refractivity contribution in [3.63, 3.8) is 0 Å². The van der Waals surface area contributed by atoms with Gasteiger partial charge >= 0.3 is 5.97 Å². The molecule has 0 bridgehead atoms. The van der Waals surface area contributed by atoms with Crippen molar-refractivity contribution in [3.8, 4) is 0 Å². The van der Waals surface area contributed by atoms with Crippen LogP contribution in [0.2, 0.25) is 0 Å². The summed E-state index contributed by atoms with van der Waals surface area (Å²) in [6.07, 6.45) is 0. The number of ether oxygens (including phenoxy) is 1. The first-order valence-corrected chi connectivity index (χ1v) is 5.74. The van der Waals surface area contributed by atoms with Crippen molar-refractivity contribution < 1.29 is 9.53 Å². The van der Waals surface area contributed by atoms with Crippen molar-refractivity contribution in [2.45, 2.75) is 25.9 Å². The number of hydrogen-bond acceptors (Lipinski definition) is 5. The summed E-state index contributed by atoms with van der Waals surface area (Å²) in [5, 5.41) is 7.19. The maximum absolute atomic E-state index is 11.2. The van der Waals surface area contributed by atoms with Crippen molar-refractivity contribution in [2.24, 2.45) is 5.92 Å². The zero-order chi connectivity index (χ0) is 11.3. The van der Waals surface area contributed by atoms with Gasteiger partial charge in [-0.1, -0.05) is 25.6 Å². The highest BCUT2D eigenvalue weighted by Gasteiger charge is 2.07. The fourth-order valence-electron chi connectivity index (χ4n) is 0.811. The number of esters is 1. The van der Waals surface area contributed by atoms with Crippen LogP contribution in [0.25, 0.3) is 0 Å². The summed E-state index contributed by atoms with van der Waals surface area (Å²) in [4.78, 5) is 15.3. The van der Waals surface area contributed by atoms with Gasteiger partial charge in [0.1, 0.15) is 5.82 Å². The Kier molecular flexibility index (Phi) is 4.61. The predicted octanol–water partition coefficient (Wildman–Crippen LogP) is 1.40. The van der Waals surface area contributed by atoms with Gasteiger partial charge in [-0.2, -0.15) is 0 Å². The van der Waals surface area contributed by atoms with E-state index in [0.717, 1.165) is 5.82 Å². The number of nitrogens with one attached hydrogen (secondary N) is 1. The molecule has 84 valence electrons. The smallest absolute Gasteiger partial charge is 0.316 e. The molecular formula is C9H15N3O2S. The molecule has 0 aliphatic rings. The van der Waals surface area contributed by atoms with Crippen LogP contribution in [0, 0.1) is 12.8 Å². The number of hydrogen-bond donors (Lipinski definition) is 1. The van der Waals surface area contributed by atoms with E-state index in [1.807, 2.05) is 20.8 Å². The Morgan fingerprint density at radius 3 is 2.87 bits per heavy atom. The van der Waals surface area contributed by atoms with Gasteiger partial charge in [-0.25, -0.2) is 4.98 Å². The van der Waals surface area contributed by atoms with Crippen LogP contribution < -0.4 is 0 Å². The molecule has 1 N–H and O–H groups in total. The quantitative estimate of drug-likeness (QED) is 0.610. The third kappa shape index (κ3) is 4.83. The van der Waals surface area contributed by atoms with Crippen LogP contribution in [0.15, 0.2) is 5.16 Å². The van der Waals surface area contributed by atoms with Crippen LogP contribution in [0.3, 0.4) is 0 Å². The Balaban J connectivity index is 2.22. The lowest BCUT2D eigenvalue weighted by Gasteiger charge is -2.05. The van der Waals surface area contributed by atoms with E-state index < -0.39 is 0 Å². The number of aryl methyl sites for hydroxylation is 1. The Morgan fingerprint density at radius 2 is 2.33 bits per heavy atom. The zero-order valence-electron chi connectivity index (χ0n) is 9.11. The number of nitrogens with zero attached hydrogens (tertiary/aromatic N) is 2. The second-order valence-electron chi connectivity index (χ2n) is 3.57. The van der Waals surface area contributed by atoms with Crippen LogP contribution in [0.5, 0.6) is 0 Å². The van der Waals surface area contributed by atoms with Gasteiger partial charge in [0.25, 0.3) is 0 Å². The van der Waals surface area contributed by atoms with Crippen LogP contribution in [0.4, 0.5) is 0 Å². The summed E-state index contributed by atoms with van der Waals surface area (Å²) >= 11 is 1.27.